The van der Waals surface area contributed by atoms with Crippen molar-refractivity contribution in [3.63, 3.8) is 0 Å². The van der Waals surface area contributed by atoms with Crippen LogP contribution in [0.15, 0.2) is 57.5 Å². The van der Waals surface area contributed by atoms with Gasteiger partial charge in [-0.2, -0.15) is 0 Å². The van der Waals surface area contributed by atoms with Crippen LogP contribution >= 0.6 is 11.3 Å². The Labute approximate surface area is 222 Å². The molecule has 11 heteroatoms. The number of ether oxygens (including phenoxy) is 5. The van der Waals surface area contributed by atoms with Crippen molar-refractivity contribution in [3.05, 3.63) is 78.5 Å². The predicted molar refractivity (Wildman–Crippen MR) is 140 cm³/mol. The maximum atomic E-state index is 13.8. The number of carbonyl (C=O) groups excluding carboxylic acids is 2. The minimum atomic E-state index is -0.867. The van der Waals surface area contributed by atoms with Gasteiger partial charge in [-0.25, -0.2) is 9.79 Å². The van der Waals surface area contributed by atoms with E-state index >= 15 is 0 Å². The van der Waals surface area contributed by atoms with Crippen molar-refractivity contribution in [2.24, 2.45) is 4.99 Å². The van der Waals surface area contributed by atoms with E-state index in [0.29, 0.717) is 37.7 Å². The molecule has 1 atom stereocenters. The topological polar surface area (TPSA) is 115 Å². The van der Waals surface area contributed by atoms with Gasteiger partial charge >= 0.3 is 11.9 Å². The Bertz CT molecular complexity index is 1630. The highest BCUT2D eigenvalue weighted by molar-refractivity contribution is 7.07. The Kier molecular flexibility index (Phi) is 7.67. The van der Waals surface area contributed by atoms with E-state index < -0.39 is 18.0 Å². The van der Waals surface area contributed by atoms with Crippen LogP contribution in [0, 0.1) is 0 Å². The van der Waals surface area contributed by atoms with Crippen LogP contribution in [0.25, 0.3) is 6.08 Å². The number of hydrogen-bond donors (Lipinski definition) is 0. The number of benzene rings is 2. The van der Waals surface area contributed by atoms with Crippen LogP contribution in [-0.4, -0.2) is 44.9 Å². The maximum Gasteiger partial charge on any atom is 0.338 e. The van der Waals surface area contributed by atoms with E-state index in [1.54, 1.807) is 63.6 Å². The number of aromatic nitrogens is 1. The van der Waals surface area contributed by atoms with E-state index in [2.05, 4.69) is 4.99 Å². The number of rotatable bonds is 7. The van der Waals surface area contributed by atoms with Crippen LogP contribution in [0.2, 0.25) is 0 Å². The molecule has 2 aromatic carbocycles. The zero-order valence-electron chi connectivity index (χ0n) is 21.7. The molecule has 1 aliphatic rings. The van der Waals surface area contributed by atoms with Gasteiger partial charge in [-0.3, -0.25) is 14.2 Å². The monoisotopic (exact) mass is 538 g/mol. The van der Waals surface area contributed by atoms with Crippen molar-refractivity contribution in [2.75, 3.05) is 28.4 Å². The van der Waals surface area contributed by atoms with Gasteiger partial charge in [-0.05, 0) is 48.9 Å². The fourth-order valence-electron chi connectivity index (χ4n) is 4.19. The Hall–Kier alpha value is -4.38. The molecular weight excluding hydrogens is 512 g/mol. The maximum absolute atomic E-state index is 13.8. The first-order valence-corrected chi connectivity index (χ1v) is 12.2. The third-order valence-electron chi connectivity index (χ3n) is 5.91. The molecule has 0 bridgehead atoms. The predicted octanol–water partition coefficient (Wildman–Crippen LogP) is 2.36. The molecule has 10 nitrogen and oxygen atoms in total. The molecule has 3 aromatic rings. The first kappa shape index (κ1) is 26.7. The molecule has 0 N–H and O–H groups in total. The molecule has 1 unspecified atom stereocenters. The quantitative estimate of drug-likeness (QED) is 0.333. The molecule has 198 valence electrons. The SMILES string of the molecule is COC(=O)C1=C(C)N=c2s/c(=C\c3cc(OC)ccc3OC)c(=O)n2C1c1ccc(OC(C)=O)c(OC)c1. The van der Waals surface area contributed by atoms with Gasteiger partial charge in [0.15, 0.2) is 16.3 Å². The van der Waals surface area contributed by atoms with Gasteiger partial charge < -0.3 is 23.7 Å². The molecule has 1 aliphatic heterocycles. The Balaban J connectivity index is 1.97. The first-order valence-electron chi connectivity index (χ1n) is 11.4. The molecule has 0 fully saturated rings. The summed E-state index contributed by atoms with van der Waals surface area (Å²) >= 11 is 1.18. The van der Waals surface area contributed by atoms with E-state index in [-0.39, 0.29) is 22.6 Å². The lowest BCUT2D eigenvalue weighted by atomic mass is 9.95. The zero-order chi connectivity index (χ0) is 27.6. The van der Waals surface area contributed by atoms with Gasteiger partial charge in [0.05, 0.1) is 50.3 Å². The fourth-order valence-corrected chi connectivity index (χ4v) is 5.23. The minimum Gasteiger partial charge on any atom is -0.497 e. The lowest BCUT2D eigenvalue weighted by molar-refractivity contribution is -0.136. The number of methoxy groups -OCH3 is 4. The lowest BCUT2D eigenvalue weighted by Crippen LogP contribution is -2.39. The summed E-state index contributed by atoms with van der Waals surface area (Å²) in [5.74, 6) is 0.504. The second kappa shape index (κ2) is 10.9. The number of esters is 2. The number of thiazole rings is 1. The van der Waals surface area contributed by atoms with Crippen LogP contribution in [0.4, 0.5) is 0 Å². The highest BCUT2D eigenvalue weighted by Crippen LogP contribution is 2.36. The summed E-state index contributed by atoms with van der Waals surface area (Å²) < 4.78 is 28.3. The fraction of sp³-hybridized carbons (Fsp3) is 0.259. The summed E-state index contributed by atoms with van der Waals surface area (Å²) in [5, 5.41) is 0. The van der Waals surface area contributed by atoms with E-state index in [1.807, 2.05) is 0 Å². The highest BCUT2D eigenvalue weighted by atomic mass is 32.1. The molecule has 0 amide bonds. The molecular formula is C27H26N2O8S. The van der Waals surface area contributed by atoms with Crippen molar-refractivity contribution >= 4 is 29.4 Å². The molecule has 38 heavy (non-hydrogen) atoms. The van der Waals surface area contributed by atoms with Crippen molar-refractivity contribution in [2.45, 2.75) is 19.9 Å². The number of carbonyl (C=O) groups is 2. The standard InChI is InChI=1S/C27H26N2O8S/c1-14-23(26(32)36-6)24(16-7-9-20(37-15(2)30)21(12-16)35-5)29-25(31)22(38-27(29)28-14)13-17-11-18(33-3)8-10-19(17)34-4/h7-13,24H,1-6H3/b22-13-. The lowest BCUT2D eigenvalue weighted by Gasteiger charge is -2.25. The van der Waals surface area contributed by atoms with Gasteiger partial charge in [0, 0.05) is 12.5 Å². The number of nitrogens with zero attached hydrogens (tertiary/aromatic N) is 2. The minimum absolute atomic E-state index is 0.202. The van der Waals surface area contributed by atoms with Crippen LogP contribution < -0.4 is 33.8 Å². The summed E-state index contributed by atoms with van der Waals surface area (Å²) in [6.07, 6.45) is 1.70. The van der Waals surface area contributed by atoms with E-state index in [4.69, 9.17) is 23.7 Å². The van der Waals surface area contributed by atoms with Gasteiger partial charge in [0.1, 0.15) is 11.5 Å². The van der Waals surface area contributed by atoms with Crippen LogP contribution in [0.5, 0.6) is 23.0 Å². The number of hydrogen-bond acceptors (Lipinski definition) is 10. The molecule has 4 rings (SSSR count). The molecule has 0 saturated carbocycles. The second-order valence-corrected chi connectivity index (χ2v) is 9.19. The van der Waals surface area contributed by atoms with Crippen molar-refractivity contribution in [1.82, 2.24) is 4.57 Å². The van der Waals surface area contributed by atoms with Crippen molar-refractivity contribution in [3.8, 4) is 23.0 Å². The van der Waals surface area contributed by atoms with E-state index in [0.717, 1.165) is 0 Å². The van der Waals surface area contributed by atoms with Crippen LogP contribution in [-0.2, 0) is 14.3 Å². The summed E-state index contributed by atoms with van der Waals surface area (Å²) in [6, 6.07) is 9.24. The average Bonchev–Trinajstić information content (AvgIpc) is 3.21. The van der Waals surface area contributed by atoms with Gasteiger partial charge in [0.2, 0.25) is 0 Å². The molecule has 0 radical (unpaired) electrons. The van der Waals surface area contributed by atoms with Gasteiger partial charge in [0.25, 0.3) is 5.56 Å². The van der Waals surface area contributed by atoms with Crippen molar-refractivity contribution < 1.29 is 33.3 Å². The summed E-state index contributed by atoms with van der Waals surface area (Å²) in [7, 11) is 5.79. The highest BCUT2D eigenvalue weighted by Gasteiger charge is 2.33. The molecule has 0 aliphatic carbocycles. The van der Waals surface area contributed by atoms with Crippen molar-refractivity contribution in [1.29, 1.82) is 0 Å². The Morgan fingerprint density at radius 2 is 1.68 bits per heavy atom. The van der Waals surface area contributed by atoms with E-state index in [1.165, 1.54) is 37.0 Å². The number of fused-ring (bicyclic) bond motifs is 1. The largest absolute Gasteiger partial charge is 0.497 e. The van der Waals surface area contributed by atoms with E-state index in [9.17, 15) is 14.4 Å². The zero-order valence-corrected chi connectivity index (χ0v) is 22.5. The summed E-state index contributed by atoms with van der Waals surface area (Å²) in [4.78, 5) is 43.2. The van der Waals surface area contributed by atoms with Gasteiger partial charge in [-0.15, -0.1) is 0 Å². The third kappa shape index (κ3) is 4.92. The summed E-state index contributed by atoms with van der Waals surface area (Å²) in [5.41, 5.74) is 1.44. The molecule has 1 aromatic heterocycles. The van der Waals surface area contributed by atoms with Gasteiger partial charge in [-0.1, -0.05) is 17.4 Å². The van der Waals surface area contributed by atoms with Crippen LogP contribution in [0.1, 0.15) is 31.0 Å². The summed E-state index contributed by atoms with van der Waals surface area (Å²) in [6.45, 7) is 2.97. The first-order chi connectivity index (χ1) is 18.2. The Morgan fingerprint density at radius 1 is 0.974 bits per heavy atom. The normalized spacial score (nSPS) is 14.9. The number of allylic oxidation sites excluding steroid dienone is 1. The molecule has 0 spiro atoms. The second-order valence-electron chi connectivity index (χ2n) is 8.19. The Morgan fingerprint density at radius 3 is 2.32 bits per heavy atom. The molecule has 2 heterocycles. The average molecular weight is 539 g/mol. The third-order valence-corrected chi connectivity index (χ3v) is 6.89. The van der Waals surface area contributed by atoms with Crippen LogP contribution in [0.3, 0.4) is 0 Å². The molecule has 0 saturated heterocycles. The smallest absolute Gasteiger partial charge is 0.338 e.